The van der Waals surface area contributed by atoms with Crippen LogP contribution in [0.4, 0.5) is 0 Å². The lowest BCUT2D eigenvalue weighted by atomic mass is 9.84. The fourth-order valence-corrected chi connectivity index (χ4v) is 2.74. The third kappa shape index (κ3) is 2.06. The van der Waals surface area contributed by atoms with Crippen molar-refractivity contribution in [1.82, 2.24) is 20.4 Å². The SMILES string of the molecule is CNC1CCCCC1c1nc(-c2ccc[nH]2)no1. The molecular formula is C13H18N4O. The number of hydrogen-bond acceptors (Lipinski definition) is 4. The first-order valence-corrected chi connectivity index (χ1v) is 6.53. The van der Waals surface area contributed by atoms with Gasteiger partial charge in [-0.05, 0) is 32.0 Å². The van der Waals surface area contributed by atoms with Gasteiger partial charge < -0.3 is 14.8 Å². The smallest absolute Gasteiger partial charge is 0.231 e. The van der Waals surface area contributed by atoms with Crippen molar-refractivity contribution in [3.8, 4) is 11.5 Å². The molecule has 3 rings (SSSR count). The van der Waals surface area contributed by atoms with E-state index < -0.39 is 0 Å². The van der Waals surface area contributed by atoms with Crippen molar-refractivity contribution in [2.24, 2.45) is 0 Å². The molecule has 1 fully saturated rings. The maximum Gasteiger partial charge on any atom is 0.231 e. The third-order valence-electron chi connectivity index (χ3n) is 3.73. The monoisotopic (exact) mass is 246 g/mol. The van der Waals surface area contributed by atoms with Crippen molar-refractivity contribution in [3.63, 3.8) is 0 Å². The number of nitrogens with zero attached hydrogens (tertiary/aromatic N) is 2. The fraction of sp³-hybridized carbons (Fsp3) is 0.538. The van der Waals surface area contributed by atoms with Crippen molar-refractivity contribution < 1.29 is 4.52 Å². The maximum atomic E-state index is 5.44. The predicted octanol–water partition coefficient (Wildman–Crippen LogP) is 2.31. The van der Waals surface area contributed by atoms with Gasteiger partial charge in [-0.15, -0.1) is 0 Å². The standard InChI is InChI=1S/C13H18N4O/c1-14-10-6-3-2-5-9(10)13-16-12(17-18-13)11-7-4-8-15-11/h4,7-10,14-15H,2-3,5-6H2,1H3. The highest BCUT2D eigenvalue weighted by Gasteiger charge is 2.30. The summed E-state index contributed by atoms with van der Waals surface area (Å²) in [6.45, 7) is 0. The molecule has 1 aliphatic carbocycles. The minimum absolute atomic E-state index is 0.347. The molecule has 0 radical (unpaired) electrons. The largest absolute Gasteiger partial charge is 0.359 e. The highest BCUT2D eigenvalue weighted by molar-refractivity contribution is 5.47. The van der Waals surface area contributed by atoms with Gasteiger partial charge in [-0.1, -0.05) is 18.0 Å². The van der Waals surface area contributed by atoms with E-state index in [1.165, 1.54) is 19.3 Å². The topological polar surface area (TPSA) is 66.7 Å². The molecule has 1 aliphatic rings. The van der Waals surface area contributed by atoms with Crippen molar-refractivity contribution >= 4 is 0 Å². The van der Waals surface area contributed by atoms with Crippen LogP contribution in [0, 0.1) is 0 Å². The number of H-pyrrole nitrogens is 1. The first-order valence-electron chi connectivity index (χ1n) is 6.53. The van der Waals surface area contributed by atoms with Gasteiger partial charge in [0.05, 0.1) is 11.6 Å². The summed E-state index contributed by atoms with van der Waals surface area (Å²) in [6, 6.07) is 4.34. The summed E-state index contributed by atoms with van der Waals surface area (Å²) in [4.78, 5) is 7.62. The molecule has 96 valence electrons. The van der Waals surface area contributed by atoms with Crippen LogP contribution >= 0.6 is 0 Å². The molecule has 5 nitrogen and oxygen atoms in total. The Bertz CT molecular complexity index is 491. The molecule has 0 aromatic carbocycles. The number of aromatic nitrogens is 3. The zero-order valence-corrected chi connectivity index (χ0v) is 10.5. The lowest BCUT2D eigenvalue weighted by molar-refractivity contribution is 0.270. The van der Waals surface area contributed by atoms with Crippen LogP contribution in [0.2, 0.25) is 0 Å². The number of nitrogens with one attached hydrogen (secondary N) is 2. The van der Waals surface area contributed by atoms with Gasteiger partial charge in [0.2, 0.25) is 11.7 Å². The van der Waals surface area contributed by atoms with Crippen molar-refractivity contribution in [2.75, 3.05) is 7.05 Å². The van der Waals surface area contributed by atoms with Crippen LogP contribution in [-0.2, 0) is 0 Å². The molecule has 0 saturated heterocycles. The molecule has 0 aliphatic heterocycles. The van der Waals surface area contributed by atoms with E-state index in [0.29, 0.717) is 17.8 Å². The zero-order chi connectivity index (χ0) is 12.4. The summed E-state index contributed by atoms with van der Waals surface area (Å²) in [7, 11) is 2.01. The summed E-state index contributed by atoms with van der Waals surface area (Å²) >= 11 is 0. The van der Waals surface area contributed by atoms with Gasteiger partial charge in [-0.25, -0.2) is 0 Å². The van der Waals surface area contributed by atoms with Crippen LogP contribution in [-0.4, -0.2) is 28.2 Å². The van der Waals surface area contributed by atoms with E-state index in [-0.39, 0.29) is 0 Å². The Morgan fingerprint density at radius 3 is 3.06 bits per heavy atom. The van der Waals surface area contributed by atoms with E-state index in [4.69, 9.17) is 4.52 Å². The quantitative estimate of drug-likeness (QED) is 0.872. The molecule has 1 saturated carbocycles. The Kier molecular flexibility index (Phi) is 3.15. The lowest BCUT2D eigenvalue weighted by Crippen LogP contribution is -2.34. The van der Waals surface area contributed by atoms with Crippen LogP contribution in [0.5, 0.6) is 0 Å². The second-order valence-electron chi connectivity index (χ2n) is 4.83. The normalized spacial score (nSPS) is 24.3. The zero-order valence-electron chi connectivity index (χ0n) is 10.5. The van der Waals surface area contributed by atoms with Crippen LogP contribution in [0.25, 0.3) is 11.5 Å². The van der Waals surface area contributed by atoms with Gasteiger partial charge in [0, 0.05) is 12.2 Å². The first kappa shape index (κ1) is 11.5. The van der Waals surface area contributed by atoms with E-state index in [9.17, 15) is 0 Å². The number of hydrogen-bond donors (Lipinski definition) is 2. The summed E-state index contributed by atoms with van der Waals surface area (Å²) in [5.41, 5.74) is 0.904. The second-order valence-corrected chi connectivity index (χ2v) is 4.83. The van der Waals surface area contributed by atoms with E-state index in [1.807, 2.05) is 25.4 Å². The molecule has 2 unspecified atom stereocenters. The Morgan fingerprint density at radius 1 is 1.39 bits per heavy atom. The Balaban J connectivity index is 1.84. The number of aromatic amines is 1. The van der Waals surface area contributed by atoms with Crippen LogP contribution in [0.15, 0.2) is 22.9 Å². The van der Waals surface area contributed by atoms with E-state index in [2.05, 4.69) is 20.4 Å². The molecule has 2 heterocycles. The highest BCUT2D eigenvalue weighted by Crippen LogP contribution is 2.32. The minimum atomic E-state index is 0.347. The molecule has 18 heavy (non-hydrogen) atoms. The predicted molar refractivity (Wildman–Crippen MR) is 68.1 cm³/mol. The first-order chi connectivity index (χ1) is 8.88. The maximum absolute atomic E-state index is 5.44. The highest BCUT2D eigenvalue weighted by atomic mass is 16.5. The number of likely N-dealkylation sites (N-methyl/N-ethyl adjacent to an activating group) is 1. The molecule has 0 spiro atoms. The van der Waals surface area contributed by atoms with Crippen molar-refractivity contribution in [3.05, 3.63) is 24.2 Å². The average Bonchev–Trinajstić information content (AvgIpc) is 3.09. The van der Waals surface area contributed by atoms with E-state index >= 15 is 0 Å². The van der Waals surface area contributed by atoms with Gasteiger partial charge in [-0.3, -0.25) is 0 Å². The molecular weight excluding hydrogens is 228 g/mol. The fourth-order valence-electron chi connectivity index (χ4n) is 2.74. The van der Waals surface area contributed by atoms with E-state index in [0.717, 1.165) is 18.0 Å². The Morgan fingerprint density at radius 2 is 2.28 bits per heavy atom. The molecule has 2 N–H and O–H groups in total. The van der Waals surface area contributed by atoms with Gasteiger partial charge in [0.25, 0.3) is 0 Å². The van der Waals surface area contributed by atoms with Crippen LogP contribution in [0.1, 0.15) is 37.5 Å². The number of rotatable bonds is 3. The van der Waals surface area contributed by atoms with Crippen molar-refractivity contribution in [1.29, 1.82) is 0 Å². The molecule has 0 amide bonds. The van der Waals surface area contributed by atoms with Gasteiger partial charge in [0.1, 0.15) is 0 Å². The molecule has 2 atom stereocenters. The van der Waals surface area contributed by atoms with Crippen molar-refractivity contribution in [2.45, 2.75) is 37.6 Å². The van der Waals surface area contributed by atoms with Gasteiger partial charge in [0.15, 0.2) is 0 Å². The summed E-state index contributed by atoms with van der Waals surface area (Å²) < 4.78 is 5.44. The third-order valence-corrected chi connectivity index (χ3v) is 3.73. The Hall–Kier alpha value is -1.62. The summed E-state index contributed by atoms with van der Waals surface area (Å²) in [6.07, 6.45) is 6.68. The van der Waals surface area contributed by atoms with E-state index in [1.54, 1.807) is 0 Å². The molecule has 2 aromatic rings. The molecule has 0 bridgehead atoms. The Labute approximate surface area is 106 Å². The van der Waals surface area contributed by atoms with Gasteiger partial charge in [-0.2, -0.15) is 4.98 Å². The lowest BCUT2D eigenvalue weighted by Gasteiger charge is -2.28. The summed E-state index contributed by atoms with van der Waals surface area (Å²) in [5, 5.41) is 7.42. The second kappa shape index (κ2) is 4.94. The van der Waals surface area contributed by atoms with Crippen LogP contribution in [0.3, 0.4) is 0 Å². The van der Waals surface area contributed by atoms with Crippen LogP contribution < -0.4 is 5.32 Å². The average molecular weight is 246 g/mol. The summed E-state index contributed by atoms with van der Waals surface area (Å²) in [5.74, 6) is 1.76. The minimum Gasteiger partial charge on any atom is -0.359 e. The molecule has 2 aromatic heterocycles. The van der Waals surface area contributed by atoms with Gasteiger partial charge >= 0.3 is 0 Å². The molecule has 5 heteroatoms.